The number of alkyl halides is 3. The molecule has 0 heterocycles. The van der Waals surface area contributed by atoms with Gasteiger partial charge in [0.05, 0.1) is 12.5 Å². The van der Waals surface area contributed by atoms with Gasteiger partial charge >= 0.3 is 18.1 Å². The summed E-state index contributed by atoms with van der Waals surface area (Å²) in [5.74, 6) is -4.47. The summed E-state index contributed by atoms with van der Waals surface area (Å²) in [7, 11) is 0. The van der Waals surface area contributed by atoms with E-state index in [1.165, 1.54) is 0 Å². The maximum atomic E-state index is 12.1. The number of carboxylic acid groups (broad SMARTS) is 1. The zero-order valence-corrected chi connectivity index (χ0v) is 17.0. The Labute approximate surface area is 176 Å². The third-order valence-corrected chi connectivity index (χ3v) is 3.53. The average molecular weight is 449 g/mol. The first-order chi connectivity index (χ1) is 14.2. The van der Waals surface area contributed by atoms with Crippen molar-refractivity contribution in [3.8, 4) is 0 Å². The van der Waals surface area contributed by atoms with Crippen molar-refractivity contribution in [1.82, 2.24) is 5.32 Å². The average Bonchev–Trinajstić information content (AvgIpc) is 2.65. The van der Waals surface area contributed by atoms with E-state index >= 15 is 0 Å². The van der Waals surface area contributed by atoms with Crippen LogP contribution in [0, 0.1) is 5.92 Å². The highest BCUT2D eigenvalue weighted by atomic mass is 19.4. The van der Waals surface area contributed by atoms with Gasteiger partial charge in [-0.05, 0) is 17.9 Å². The van der Waals surface area contributed by atoms with Gasteiger partial charge in [-0.15, -0.1) is 0 Å². The topological polar surface area (TPSA) is 162 Å². The lowest BCUT2D eigenvalue weighted by Gasteiger charge is -2.20. The number of hydrogen-bond donors (Lipinski definition) is 4. The molecule has 0 saturated heterocycles. The smallest absolute Gasteiger partial charge is 0.475 e. The lowest BCUT2D eigenvalue weighted by molar-refractivity contribution is -0.192. The van der Waals surface area contributed by atoms with Crippen LogP contribution in [0.15, 0.2) is 30.3 Å². The van der Waals surface area contributed by atoms with Crippen molar-refractivity contribution < 1.29 is 42.2 Å². The predicted molar refractivity (Wildman–Crippen MR) is 103 cm³/mol. The molecule has 0 aliphatic carbocycles. The molecule has 12 heteroatoms. The number of halogens is 3. The minimum Gasteiger partial charge on any atom is -0.475 e. The Morgan fingerprint density at radius 2 is 1.65 bits per heavy atom. The van der Waals surface area contributed by atoms with Crippen LogP contribution in [-0.2, 0) is 30.5 Å². The van der Waals surface area contributed by atoms with Gasteiger partial charge in [-0.25, -0.2) is 9.59 Å². The molecule has 1 aromatic carbocycles. The van der Waals surface area contributed by atoms with Crippen molar-refractivity contribution in [2.45, 2.75) is 51.6 Å². The van der Waals surface area contributed by atoms with E-state index in [2.05, 4.69) is 5.32 Å². The molecule has 0 aliphatic heterocycles. The van der Waals surface area contributed by atoms with Crippen molar-refractivity contribution in [3.05, 3.63) is 35.9 Å². The molecule has 2 atom stereocenters. The highest BCUT2D eigenvalue weighted by molar-refractivity contribution is 5.90. The zero-order valence-electron chi connectivity index (χ0n) is 17.0. The van der Waals surface area contributed by atoms with E-state index in [1.807, 2.05) is 32.0 Å². The SMILES string of the molecule is CC(C)C[C@@H](N)C(=O)N[C@H](CC(N)=O)C(=O)OCc1ccccc1.O=C(O)C(F)(F)F. The highest BCUT2D eigenvalue weighted by Crippen LogP contribution is 2.13. The first-order valence-electron chi connectivity index (χ1n) is 9.09. The Morgan fingerprint density at radius 3 is 2.06 bits per heavy atom. The molecule has 1 aromatic rings. The number of ether oxygens (including phenoxy) is 1. The number of rotatable bonds is 9. The summed E-state index contributed by atoms with van der Waals surface area (Å²) < 4.78 is 36.9. The number of carbonyl (C=O) groups is 4. The van der Waals surface area contributed by atoms with Crippen LogP contribution >= 0.6 is 0 Å². The van der Waals surface area contributed by atoms with Crippen LogP contribution in [0.25, 0.3) is 0 Å². The van der Waals surface area contributed by atoms with Crippen LogP contribution < -0.4 is 16.8 Å². The van der Waals surface area contributed by atoms with Gasteiger partial charge in [-0.3, -0.25) is 9.59 Å². The minimum atomic E-state index is -5.08. The number of amides is 2. The monoisotopic (exact) mass is 449 g/mol. The van der Waals surface area contributed by atoms with Gasteiger partial charge in [0.1, 0.15) is 12.6 Å². The normalized spacial score (nSPS) is 12.7. The molecule has 6 N–H and O–H groups in total. The molecule has 31 heavy (non-hydrogen) atoms. The van der Waals surface area contributed by atoms with Crippen LogP contribution in [-0.4, -0.2) is 47.1 Å². The van der Waals surface area contributed by atoms with Gasteiger partial charge in [0.15, 0.2) is 0 Å². The summed E-state index contributed by atoms with van der Waals surface area (Å²) in [5.41, 5.74) is 11.7. The first-order valence-corrected chi connectivity index (χ1v) is 9.09. The molecule has 0 fully saturated rings. The molecule has 1 rings (SSSR count). The van der Waals surface area contributed by atoms with Crippen LogP contribution in [0.3, 0.4) is 0 Å². The number of primary amides is 1. The second-order valence-electron chi connectivity index (χ2n) is 6.86. The van der Waals surface area contributed by atoms with Crippen molar-refractivity contribution in [1.29, 1.82) is 0 Å². The second-order valence-corrected chi connectivity index (χ2v) is 6.86. The van der Waals surface area contributed by atoms with E-state index in [-0.39, 0.29) is 18.9 Å². The van der Waals surface area contributed by atoms with E-state index < -0.39 is 42.0 Å². The standard InChI is InChI=1S/C17H25N3O4.C2HF3O2/c1-11(2)8-13(18)16(22)20-14(9-15(19)21)17(23)24-10-12-6-4-3-5-7-12;3-2(4,5)1(6)7/h3-7,11,13-14H,8-10,18H2,1-2H3,(H2,19,21)(H,20,22);(H,6,7)/t13-,14-;/m1./s1. The summed E-state index contributed by atoms with van der Waals surface area (Å²) in [4.78, 5) is 44.2. The van der Waals surface area contributed by atoms with Crippen molar-refractivity contribution in [2.24, 2.45) is 17.4 Å². The number of nitrogens with one attached hydrogen (secondary N) is 1. The van der Waals surface area contributed by atoms with Gasteiger partial charge in [-0.2, -0.15) is 13.2 Å². The van der Waals surface area contributed by atoms with Gasteiger partial charge < -0.3 is 26.6 Å². The largest absolute Gasteiger partial charge is 0.490 e. The maximum absolute atomic E-state index is 12.1. The van der Waals surface area contributed by atoms with Gasteiger partial charge in [0, 0.05) is 0 Å². The number of aliphatic carboxylic acids is 1. The Bertz CT molecular complexity index is 741. The van der Waals surface area contributed by atoms with Crippen molar-refractivity contribution in [2.75, 3.05) is 0 Å². The minimum absolute atomic E-state index is 0.0445. The summed E-state index contributed by atoms with van der Waals surface area (Å²) in [5, 5.41) is 9.58. The molecule has 174 valence electrons. The van der Waals surface area contributed by atoms with Crippen LogP contribution in [0.1, 0.15) is 32.3 Å². The van der Waals surface area contributed by atoms with Crippen LogP contribution in [0.2, 0.25) is 0 Å². The van der Waals surface area contributed by atoms with E-state index in [0.29, 0.717) is 6.42 Å². The molecule has 0 aliphatic rings. The summed E-state index contributed by atoms with van der Waals surface area (Å²) >= 11 is 0. The van der Waals surface area contributed by atoms with E-state index in [4.69, 9.17) is 26.1 Å². The number of carboxylic acids is 1. The second kappa shape index (κ2) is 13.2. The quantitative estimate of drug-likeness (QED) is 0.410. The van der Waals surface area contributed by atoms with Crippen molar-refractivity contribution >= 4 is 23.8 Å². The predicted octanol–water partition coefficient (Wildman–Crippen LogP) is 1.10. The fourth-order valence-electron chi connectivity index (χ4n) is 2.12. The summed E-state index contributed by atoms with van der Waals surface area (Å²) in [6, 6.07) is 7.17. The highest BCUT2D eigenvalue weighted by Gasteiger charge is 2.38. The van der Waals surface area contributed by atoms with E-state index in [0.717, 1.165) is 5.56 Å². The molecule has 0 bridgehead atoms. The first kappa shape index (κ1) is 27.8. The Morgan fingerprint density at radius 1 is 1.13 bits per heavy atom. The molecule has 0 unspecified atom stereocenters. The number of nitrogens with two attached hydrogens (primary N) is 2. The number of carbonyl (C=O) groups excluding carboxylic acids is 3. The Hall–Kier alpha value is -3.15. The summed E-state index contributed by atoms with van der Waals surface area (Å²) in [6.07, 6.45) is -4.96. The zero-order chi connectivity index (χ0) is 24.2. The third kappa shape index (κ3) is 12.9. The van der Waals surface area contributed by atoms with Crippen LogP contribution in [0.5, 0.6) is 0 Å². The number of esters is 1. The lowest BCUT2D eigenvalue weighted by Crippen LogP contribution is -2.50. The maximum Gasteiger partial charge on any atom is 0.490 e. The Balaban J connectivity index is 0.00000110. The van der Waals surface area contributed by atoms with Gasteiger partial charge in [-0.1, -0.05) is 44.2 Å². The molecule has 0 aromatic heterocycles. The lowest BCUT2D eigenvalue weighted by atomic mass is 10.0. The van der Waals surface area contributed by atoms with E-state index in [1.54, 1.807) is 12.1 Å². The molecular weight excluding hydrogens is 423 g/mol. The molecule has 0 radical (unpaired) electrons. The van der Waals surface area contributed by atoms with Crippen molar-refractivity contribution in [3.63, 3.8) is 0 Å². The summed E-state index contributed by atoms with van der Waals surface area (Å²) in [6.45, 7) is 3.91. The fourth-order valence-corrected chi connectivity index (χ4v) is 2.12. The molecule has 9 nitrogen and oxygen atoms in total. The molecule has 2 amide bonds. The number of benzene rings is 1. The third-order valence-electron chi connectivity index (χ3n) is 3.53. The fraction of sp³-hybridized carbons (Fsp3) is 0.474. The van der Waals surface area contributed by atoms with Gasteiger partial charge in [0.25, 0.3) is 0 Å². The number of hydrogen-bond acceptors (Lipinski definition) is 6. The van der Waals surface area contributed by atoms with E-state index in [9.17, 15) is 27.6 Å². The van der Waals surface area contributed by atoms with Crippen LogP contribution in [0.4, 0.5) is 13.2 Å². The molecule has 0 spiro atoms. The molecule has 0 saturated carbocycles. The van der Waals surface area contributed by atoms with Gasteiger partial charge in [0.2, 0.25) is 11.8 Å². The Kier molecular flexibility index (Phi) is 11.9. The molecular formula is C19H26F3N3O6.